The summed E-state index contributed by atoms with van der Waals surface area (Å²) in [6.45, 7) is 1.17. The van der Waals surface area contributed by atoms with E-state index in [0.29, 0.717) is 0 Å². The van der Waals surface area contributed by atoms with Crippen LogP contribution in [0.1, 0.15) is 20.2 Å². The van der Waals surface area contributed by atoms with Crippen molar-refractivity contribution in [2.24, 2.45) is 10.7 Å². The summed E-state index contributed by atoms with van der Waals surface area (Å²) in [5, 5.41) is 2.73. The van der Waals surface area contributed by atoms with Gasteiger partial charge in [0.05, 0.1) is 6.61 Å². The second-order valence-corrected chi connectivity index (χ2v) is 6.98. The number of aromatic nitrogens is 1. The molecule has 1 aromatic heterocycles. The number of rotatable bonds is 4. The molecule has 1 aromatic carbocycles. The molecule has 2 heterocycles. The maximum absolute atomic E-state index is 14.3. The summed E-state index contributed by atoms with van der Waals surface area (Å²) < 4.78 is 46.9. The van der Waals surface area contributed by atoms with Crippen molar-refractivity contribution >= 4 is 41.2 Å². The number of carbonyl (C=O) groups is 1. The number of carbonyl (C=O) groups excluding carboxylic acids is 1. The van der Waals surface area contributed by atoms with Crippen LogP contribution in [0.3, 0.4) is 0 Å². The number of hydrogen-bond acceptors (Lipinski definition) is 6. The van der Waals surface area contributed by atoms with Crippen molar-refractivity contribution in [1.29, 1.82) is 0 Å². The van der Waals surface area contributed by atoms with E-state index < -0.39 is 35.9 Å². The first-order chi connectivity index (χ1) is 12.3. The van der Waals surface area contributed by atoms with E-state index in [-0.39, 0.29) is 35.5 Å². The van der Waals surface area contributed by atoms with Crippen molar-refractivity contribution in [3.8, 4) is 0 Å². The number of nitrogens with zero attached hydrogens (tertiary/aromatic N) is 2. The molecule has 0 fully saturated rings. The molecule has 11 heteroatoms. The third-order valence-corrected chi connectivity index (χ3v) is 4.69. The number of hydrogen-bond donors (Lipinski definition) is 2. The second-order valence-electron chi connectivity index (χ2n) is 5.75. The molecule has 0 unspecified atom stereocenters. The Kier molecular flexibility index (Phi) is 6.45. The number of ether oxygens (including phenoxy) is 1. The Balaban J connectivity index is 0.00000261. The minimum atomic E-state index is -3.05. The summed E-state index contributed by atoms with van der Waals surface area (Å²) in [6, 6.07) is 3.38. The quantitative estimate of drug-likeness (QED) is 0.795. The van der Waals surface area contributed by atoms with E-state index in [4.69, 9.17) is 10.5 Å². The Bertz CT molecular complexity index is 877. The maximum Gasteiger partial charge on any atom is 0.284 e. The fourth-order valence-electron chi connectivity index (χ4n) is 2.58. The van der Waals surface area contributed by atoms with Crippen LogP contribution in [-0.2, 0) is 10.3 Å². The van der Waals surface area contributed by atoms with Crippen molar-refractivity contribution in [2.45, 2.75) is 18.9 Å². The van der Waals surface area contributed by atoms with Gasteiger partial charge in [-0.15, -0.1) is 23.7 Å². The number of thiazole rings is 1. The molecule has 0 saturated heterocycles. The second kappa shape index (κ2) is 8.24. The largest absolute Gasteiger partial charge is 0.385 e. The fraction of sp³-hybridized carbons (Fsp3) is 0.312. The number of nitrogens with two attached hydrogens (primary N) is 1. The van der Waals surface area contributed by atoms with E-state index in [1.807, 2.05) is 0 Å². The topological polar surface area (TPSA) is 89.6 Å². The number of alkyl halides is 2. The lowest BCUT2D eigenvalue weighted by Crippen LogP contribution is -2.45. The van der Waals surface area contributed by atoms with Crippen LogP contribution in [0.25, 0.3) is 0 Å². The minimum absolute atomic E-state index is 0. The highest BCUT2D eigenvalue weighted by atomic mass is 35.5. The molecule has 1 amide bonds. The van der Waals surface area contributed by atoms with Gasteiger partial charge in [-0.3, -0.25) is 9.79 Å². The van der Waals surface area contributed by atoms with Gasteiger partial charge in [0.25, 0.3) is 12.3 Å². The van der Waals surface area contributed by atoms with Crippen LogP contribution in [-0.4, -0.2) is 36.4 Å². The van der Waals surface area contributed by atoms with Crippen LogP contribution in [0.15, 0.2) is 29.4 Å². The Morgan fingerprint density at radius 2 is 2.19 bits per heavy atom. The molecule has 0 saturated carbocycles. The molecule has 3 N–H and O–H groups in total. The molecular weight excluding hydrogens is 405 g/mol. The van der Waals surface area contributed by atoms with E-state index in [0.717, 1.165) is 17.0 Å². The number of aliphatic imine (C=N–C) groups is 1. The first-order valence-corrected chi connectivity index (χ1v) is 8.37. The molecule has 27 heavy (non-hydrogen) atoms. The minimum Gasteiger partial charge on any atom is -0.385 e. The van der Waals surface area contributed by atoms with Gasteiger partial charge in [0.1, 0.15) is 18.3 Å². The normalized spacial score (nSPS) is 19.4. The Labute approximate surface area is 163 Å². The third-order valence-electron chi connectivity index (χ3n) is 3.78. The van der Waals surface area contributed by atoms with E-state index in [1.165, 1.54) is 23.6 Å². The predicted octanol–water partition coefficient (Wildman–Crippen LogP) is 3.11. The summed E-state index contributed by atoms with van der Waals surface area (Å²) >= 11 is 1.18. The average Bonchev–Trinajstić information content (AvgIpc) is 3.03. The van der Waals surface area contributed by atoms with E-state index >= 15 is 0 Å². The van der Waals surface area contributed by atoms with Gasteiger partial charge in [0.15, 0.2) is 10.5 Å². The van der Waals surface area contributed by atoms with Gasteiger partial charge >= 0.3 is 0 Å². The number of nitrogens with one attached hydrogen (secondary N) is 1. The number of benzene rings is 1. The Morgan fingerprint density at radius 1 is 1.44 bits per heavy atom. The molecular formula is C16H16ClF3N4O2S. The van der Waals surface area contributed by atoms with Crippen molar-refractivity contribution in [3.05, 3.63) is 45.7 Å². The van der Waals surface area contributed by atoms with E-state index in [1.54, 1.807) is 6.92 Å². The van der Waals surface area contributed by atoms with Crippen molar-refractivity contribution < 1.29 is 22.7 Å². The number of amidine groups is 1. The van der Waals surface area contributed by atoms with E-state index in [9.17, 15) is 18.0 Å². The van der Waals surface area contributed by atoms with Crippen LogP contribution in [0.4, 0.5) is 18.9 Å². The average molecular weight is 421 g/mol. The lowest BCUT2D eigenvalue weighted by atomic mass is 9.90. The van der Waals surface area contributed by atoms with Gasteiger partial charge in [-0.2, -0.15) is 0 Å². The monoisotopic (exact) mass is 420 g/mol. The van der Waals surface area contributed by atoms with Crippen LogP contribution < -0.4 is 11.1 Å². The zero-order valence-electron chi connectivity index (χ0n) is 14.0. The molecule has 1 aliphatic heterocycles. The predicted molar refractivity (Wildman–Crippen MR) is 98.6 cm³/mol. The number of aryl methyl sites for hydroxylation is 1. The SMILES string of the molecule is Cc1cnc(C(=O)Nc2ccc(F)c([C@]3(C(F)F)COCC(N)=N3)c2)s1.Cl. The number of amides is 1. The van der Waals surface area contributed by atoms with E-state index in [2.05, 4.69) is 15.3 Å². The Hall–Kier alpha value is -2.17. The Morgan fingerprint density at radius 3 is 2.78 bits per heavy atom. The zero-order valence-corrected chi connectivity index (χ0v) is 15.7. The molecule has 0 radical (unpaired) electrons. The van der Waals surface area contributed by atoms with Crippen molar-refractivity contribution in [3.63, 3.8) is 0 Å². The molecule has 0 bridgehead atoms. The molecule has 6 nitrogen and oxygen atoms in total. The van der Waals surface area contributed by atoms with Gasteiger partial charge in [0.2, 0.25) is 0 Å². The highest BCUT2D eigenvalue weighted by Crippen LogP contribution is 2.38. The molecule has 2 aromatic rings. The first-order valence-electron chi connectivity index (χ1n) is 7.56. The summed E-state index contributed by atoms with van der Waals surface area (Å²) in [4.78, 5) is 20.8. The first kappa shape index (κ1) is 21.1. The molecule has 3 rings (SSSR count). The highest BCUT2D eigenvalue weighted by Gasteiger charge is 2.46. The van der Waals surface area contributed by atoms with Gasteiger partial charge < -0.3 is 15.8 Å². The lowest BCUT2D eigenvalue weighted by molar-refractivity contribution is -0.0145. The number of halogens is 4. The summed E-state index contributed by atoms with van der Waals surface area (Å²) in [5.74, 6) is -1.56. The van der Waals surface area contributed by atoms with Gasteiger partial charge in [-0.1, -0.05) is 0 Å². The number of anilines is 1. The highest BCUT2D eigenvalue weighted by molar-refractivity contribution is 7.13. The molecule has 0 aliphatic carbocycles. The molecule has 1 atom stereocenters. The van der Waals surface area contributed by atoms with Crippen LogP contribution in [0, 0.1) is 12.7 Å². The summed E-state index contributed by atoms with van der Waals surface area (Å²) in [6.07, 6.45) is -1.51. The smallest absolute Gasteiger partial charge is 0.284 e. The van der Waals surface area contributed by atoms with Crippen LogP contribution >= 0.6 is 23.7 Å². The van der Waals surface area contributed by atoms with Crippen molar-refractivity contribution in [1.82, 2.24) is 4.98 Å². The van der Waals surface area contributed by atoms with Crippen LogP contribution in [0.5, 0.6) is 0 Å². The third kappa shape index (κ3) is 4.23. The zero-order chi connectivity index (χ0) is 18.9. The van der Waals surface area contributed by atoms with Crippen LogP contribution in [0.2, 0.25) is 0 Å². The lowest BCUT2D eigenvalue weighted by Gasteiger charge is -2.33. The fourth-order valence-corrected chi connectivity index (χ4v) is 3.24. The van der Waals surface area contributed by atoms with Gasteiger partial charge in [-0.25, -0.2) is 18.2 Å². The van der Waals surface area contributed by atoms with Crippen molar-refractivity contribution in [2.75, 3.05) is 18.5 Å². The van der Waals surface area contributed by atoms with Gasteiger partial charge in [0, 0.05) is 22.3 Å². The standard InChI is InChI=1S/C16H15F3N4O2S.ClH/c1-8-5-21-14(26-8)13(24)22-9-2-3-11(17)10(4-9)16(15(18)19)7-25-6-12(20)23-16;/h2-5,15H,6-7H2,1H3,(H2,20,23)(H,22,24);1H/t16-;/m0./s1. The summed E-state index contributed by atoms with van der Waals surface area (Å²) in [5.41, 5.74) is 3.00. The van der Waals surface area contributed by atoms with Gasteiger partial charge in [-0.05, 0) is 25.1 Å². The molecule has 1 aliphatic rings. The molecule has 146 valence electrons. The summed E-state index contributed by atoms with van der Waals surface area (Å²) in [7, 11) is 0. The maximum atomic E-state index is 14.3. The molecule has 0 spiro atoms.